The maximum absolute atomic E-state index is 14.8. The third-order valence-corrected chi connectivity index (χ3v) is 6.71. The molecule has 3 heterocycles. The molecule has 0 aliphatic carbocycles. The van der Waals surface area contributed by atoms with Crippen molar-refractivity contribution in [2.75, 3.05) is 26.2 Å². The van der Waals surface area contributed by atoms with E-state index in [9.17, 15) is 13.6 Å². The molecule has 0 spiro atoms. The Bertz CT molecular complexity index is 1150. The van der Waals surface area contributed by atoms with Gasteiger partial charge in [-0.2, -0.15) is 5.10 Å². The number of carbonyl (C=O) groups is 1. The number of aromatic amines is 1. The molecule has 6 nitrogen and oxygen atoms in total. The molecule has 1 aromatic heterocycles. The van der Waals surface area contributed by atoms with Crippen LogP contribution in [0.1, 0.15) is 48.2 Å². The first-order valence-corrected chi connectivity index (χ1v) is 11.8. The van der Waals surface area contributed by atoms with Crippen LogP contribution in [-0.2, 0) is 6.54 Å². The predicted molar refractivity (Wildman–Crippen MR) is 124 cm³/mol. The lowest BCUT2D eigenvalue weighted by molar-refractivity contribution is 0.0926. The van der Waals surface area contributed by atoms with Crippen LogP contribution in [-0.4, -0.2) is 53.2 Å². The second-order valence-electron chi connectivity index (χ2n) is 9.11. The maximum Gasteiger partial charge on any atom is 0.272 e. The minimum atomic E-state index is -0.874. The second kappa shape index (κ2) is 9.57. The predicted octanol–water partition coefficient (Wildman–Crippen LogP) is 3.98. The number of nitrogens with zero attached hydrogens (tertiary/aromatic N) is 2. The average Bonchev–Trinajstić information content (AvgIpc) is 3.26. The van der Waals surface area contributed by atoms with Gasteiger partial charge in [-0.3, -0.25) is 14.8 Å². The second-order valence-corrected chi connectivity index (χ2v) is 9.11. The number of nitrogens with one attached hydrogen (secondary N) is 3. The van der Waals surface area contributed by atoms with Crippen LogP contribution in [0, 0.1) is 11.6 Å². The molecule has 33 heavy (non-hydrogen) atoms. The third-order valence-electron chi connectivity index (χ3n) is 6.71. The fourth-order valence-electron chi connectivity index (χ4n) is 4.90. The van der Waals surface area contributed by atoms with E-state index in [0.717, 1.165) is 57.4 Å². The zero-order chi connectivity index (χ0) is 22.8. The van der Waals surface area contributed by atoms with Crippen LogP contribution in [0.3, 0.4) is 0 Å². The molecule has 5 rings (SSSR count). The van der Waals surface area contributed by atoms with Crippen LogP contribution in [0.2, 0.25) is 0 Å². The van der Waals surface area contributed by atoms with Crippen molar-refractivity contribution in [2.24, 2.45) is 0 Å². The van der Waals surface area contributed by atoms with Gasteiger partial charge in [0.15, 0.2) is 17.3 Å². The van der Waals surface area contributed by atoms with E-state index in [1.807, 2.05) is 0 Å². The van der Waals surface area contributed by atoms with Crippen LogP contribution in [0.5, 0.6) is 0 Å². The summed E-state index contributed by atoms with van der Waals surface area (Å²) in [5.41, 5.74) is 2.43. The lowest BCUT2D eigenvalue weighted by Gasteiger charge is -2.26. The Labute approximate surface area is 191 Å². The molecule has 0 atom stereocenters. The monoisotopic (exact) mass is 453 g/mol. The Kier molecular flexibility index (Phi) is 6.37. The quantitative estimate of drug-likeness (QED) is 0.547. The zero-order valence-electron chi connectivity index (χ0n) is 18.6. The van der Waals surface area contributed by atoms with Crippen LogP contribution in [0.15, 0.2) is 30.3 Å². The number of H-pyrrole nitrogens is 1. The molecule has 2 aromatic carbocycles. The highest BCUT2D eigenvalue weighted by atomic mass is 19.2. The Hall–Kier alpha value is -2.84. The van der Waals surface area contributed by atoms with Crippen molar-refractivity contribution in [3.05, 3.63) is 53.2 Å². The van der Waals surface area contributed by atoms with Gasteiger partial charge >= 0.3 is 0 Å². The van der Waals surface area contributed by atoms with Gasteiger partial charge < -0.3 is 10.6 Å². The molecule has 8 heteroatoms. The van der Waals surface area contributed by atoms with Crippen molar-refractivity contribution < 1.29 is 13.6 Å². The molecule has 0 bridgehead atoms. The fraction of sp³-hybridized carbons (Fsp3) is 0.440. The van der Waals surface area contributed by atoms with E-state index in [2.05, 4.69) is 25.7 Å². The standard InChI is InChI=1S/C25H29F2N5O/c26-21-13-16(15-32-10-2-1-3-11-32)12-19(23(21)27)17-4-5-22-20(14-17)24(31-30-22)25(33)29-18-6-8-28-9-7-18/h4-5,12-14,18,28H,1-3,6-11,15H2,(H,29,33)(H,30,31). The summed E-state index contributed by atoms with van der Waals surface area (Å²) in [5.74, 6) is -1.98. The third kappa shape index (κ3) is 4.77. The van der Waals surface area contributed by atoms with Crippen LogP contribution in [0.4, 0.5) is 8.78 Å². The highest BCUT2D eigenvalue weighted by molar-refractivity contribution is 6.05. The van der Waals surface area contributed by atoms with Crippen molar-refractivity contribution in [1.82, 2.24) is 25.7 Å². The molecule has 0 unspecified atom stereocenters. The number of piperidine rings is 2. The summed E-state index contributed by atoms with van der Waals surface area (Å²) in [6, 6.07) is 8.33. The van der Waals surface area contributed by atoms with Gasteiger partial charge in [0.2, 0.25) is 0 Å². The van der Waals surface area contributed by atoms with E-state index in [1.165, 1.54) is 12.5 Å². The molecule has 2 aliphatic rings. The summed E-state index contributed by atoms with van der Waals surface area (Å²) >= 11 is 0. The summed E-state index contributed by atoms with van der Waals surface area (Å²) in [7, 11) is 0. The number of halogens is 2. The molecule has 174 valence electrons. The van der Waals surface area contributed by atoms with Gasteiger partial charge in [0.1, 0.15) is 0 Å². The van der Waals surface area contributed by atoms with E-state index in [0.29, 0.717) is 23.0 Å². The Balaban J connectivity index is 1.44. The van der Waals surface area contributed by atoms with E-state index in [1.54, 1.807) is 24.3 Å². The minimum absolute atomic E-state index is 0.103. The number of hydrogen-bond donors (Lipinski definition) is 3. The minimum Gasteiger partial charge on any atom is -0.348 e. The van der Waals surface area contributed by atoms with Gasteiger partial charge in [0.25, 0.3) is 5.91 Å². The van der Waals surface area contributed by atoms with Crippen LogP contribution >= 0.6 is 0 Å². The van der Waals surface area contributed by atoms with Crippen LogP contribution in [0.25, 0.3) is 22.0 Å². The number of benzene rings is 2. The van der Waals surface area contributed by atoms with Crippen molar-refractivity contribution in [2.45, 2.75) is 44.7 Å². The molecule has 2 fully saturated rings. The number of hydrogen-bond acceptors (Lipinski definition) is 4. The van der Waals surface area contributed by atoms with Crippen molar-refractivity contribution in [3.8, 4) is 11.1 Å². The number of fused-ring (bicyclic) bond motifs is 1. The van der Waals surface area contributed by atoms with E-state index >= 15 is 0 Å². The molecule has 0 radical (unpaired) electrons. The molecule has 1 amide bonds. The van der Waals surface area contributed by atoms with Crippen LogP contribution < -0.4 is 10.6 Å². The molecular weight excluding hydrogens is 424 g/mol. The topological polar surface area (TPSA) is 73.0 Å². The summed E-state index contributed by atoms with van der Waals surface area (Å²) in [6.45, 7) is 4.29. The summed E-state index contributed by atoms with van der Waals surface area (Å²) < 4.78 is 29.4. The molecule has 0 saturated carbocycles. The van der Waals surface area contributed by atoms with Gasteiger partial charge in [-0.15, -0.1) is 0 Å². The lowest BCUT2D eigenvalue weighted by Crippen LogP contribution is -2.42. The normalized spacial score (nSPS) is 18.0. The van der Waals surface area contributed by atoms with Gasteiger partial charge in [-0.25, -0.2) is 8.78 Å². The first-order chi connectivity index (χ1) is 16.1. The molecular formula is C25H29F2N5O. The van der Waals surface area contributed by atoms with Gasteiger partial charge in [-0.1, -0.05) is 12.5 Å². The summed E-state index contributed by atoms with van der Waals surface area (Å²) in [6.07, 6.45) is 5.23. The Morgan fingerprint density at radius 1 is 1.09 bits per heavy atom. The fourth-order valence-corrected chi connectivity index (χ4v) is 4.90. The molecule has 3 aromatic rings. The van der Waals surface area contributed by atoms with Gasteiger partial charge in [-0.05, 0) is 87.3 Å². The zero-order valence-corrected chi connectivity index (χ0v) is 18.6. The number of rotatable bonds is 5. The number of aromatic nitrogens is 2. The summed E-state index contributed by atoms with van der Waals surface area (Å²) in [4.78, 5) is 15.2. The summed E-state index contributed by atoms with van der Waals surface area (Å²) in [5, 5.41) is 14.0. The first-order valence-electron chi connectivity index (χ1n) is 11.8. The van der Waals surface area contributed by atoms with Gasteiger partial charge in [0, 0.05) is 23.5 Å². The lowest BCUT2D eigenvalue weighted by atomic mass is 9.99. The van der Waals surface area contributed by atoms with Crippen molar-refractivity contribution in [1.29, 1.82) is 0 Å². The first kappa shape index (κ1) is 22.0. The number of likely N-dealkylation sites (tertiary alicyclic amines) is 1. The SMILES string of the molecule is O=C(NC1CCNCC1)c1n[nH]c2ccc(-c3cc(CN4CCCCC4)cc(F)c3F)cc12. The maximum atomic E-state index is 14.8. The van der Waals surface area contributed by atoms with E-state index in [-0.39, 0.29) is 23.2 Å². The molecule has 3 N–H and O–H groups in total. The number of carbonyl (C=O) groups excluding carboxylic acids is 1. The Morgan fingerprint density at radius 3 is 2.67 bits per heavy atom. The van der Waals surface area contributed by atoms with E-state index < -0.39 is 11.6 Å². The highest BCUT2D eigenvalue weighted by Gasteiger charge is 2.21. The number of amides is 1. The average molecular weight is 454 g/mol. The molecule has 2 aliphatic heterocycles. The highest BCUT2D eigenvalue weighted by Crippen LogP contribution is 2.30. The van der Waals surface area contributed by atoms with E-state index in [4.69, 9.17) is 0 Å². The van der Waals surface area contributed by atoms with Crippen molar-refractivity contribution in [3.63, 3.8) is 0 Å². The Morgan fingerprint density at radius 2 is 1.88 bits per heavy atom. The van der Waals surface area contributed by atoms with Gasteiger partial charge in [0.05, 0.1) is 5.52 Å². The van der Waals surface area contributed by atoms with Crippen molar-refractivity contribution >= 4 is 16.8 Å². The smallest absolute Gasteiger partial charge is 0.272 e. The molecule has 2 saturated heterocycles. The largest absolute Gasteiger partial charge is 0.348 e.